The van der Waals surface area contributed by atoms with Gasteiger partial charge in [-0.1, -0.05) is 24.8 Å². The number of nitrogens with zero attached hydrogens (tertiary/aromatic N) is 1. The zero-order chi connectivity index (χ0) is 11.7. The number of fused-ring (bicyclic) bond motifs is 1. The molecule has 1 amide bonds. The SMILES string of the molecule is C=Cc1ccc2c(c1)[C@H](N(C)C(=O)O)CC2. The quantitative estimate of drug-likeness (QED) is 0.827. The molecule has 1 aliphatic carbocycles. The Morgan fingerprint density at radius 1 is 1.62 bits per heavy atom. The standard InChI is InChI=1S/C13H15NO2/c1-3-9-4-5-10-6-7-12(11(10)8-9)14(2)13(15)16/h3-5,8,12H,1,6-7H2,2H3,(H,15,16)/t12-/m1/s1. The Kier molecular flexibility index (Phi) is 2.69. The summed E-state index contributed by atoms with van der Waals surface area (Å²) in [5.74, 6) is 0. The lowest BCUT2D eigenvalue weighted by molar-refractivity contribution is 0.138. The zero-order valence-electron chi connectivity index (χ0n) is 9.31. The lowest BCUT2D eigenvalue weighted by Crippen LogP contribution is -2.28. The van der Waals surface area contributed by atoms with Crippen LogP contribution < -0.4 is 0 Å². The van der Waals surface area contributed by atoms with E-state index in [9.17, 15) is 4.79 Å². The van der Waals surface area contributed by atoms with Crippen molar-refractivity contribution in [3.63, 3.8) is 0 Å². The third-order valence-electron chi connectivity index (χ3n) is 3.22. The van der Waals surface area contributed by atoms with E-state index in [2.05, 4.69) is 12.6 Å². The summed E-state index contributed by atoms with van der Waals surface area (Å²) in [5, 5.41) is 9.00. The van der Waals surface area contributed by atoms with Gasteiger partial charge in [0, 0.05) is 7.05 Å². The Morgan fingerprint density at radius 3 is 3.00 bits per heavy atom. The first kappa shape index (κ1) is 10.7. The van der Waals surface area contributed by atoms with E-state index in [1.165, 1.54) is 10.5 Å². The van der Waals surface area contributed by atoms with Crippen molar-refractivity contribution in [2.45, 2.75) is 18.9 Å². The van der Waals surface area contributed by atoms with Gasteiger partial charge in [0.05, 0.1) is 6.04 Å². The van der Waals surface area contributed by atoms with Crippen molar-refractivity contribution in [1.29, 1.82) is 0 Å². The van der Waals surface area contributed by atoms with Crippen LogP contribution in [0.1, 0.15) is 29.2 Å². The topological polar surface area (TPSA) is 40.5 Å². The molecule has 1 N–H and O–H groups in total. The summed E-state index contributed by atoms with van der Waals surface area (Å²) >= 11 is 0. The van der Waals surface area contributed by atoms with Crippen LogP contribution in [0.4, 0.5) is 4.79 Å². The maximum absolute atomic E-state index is 11.0. The minimum atomic E-state index is -0.873. The second-order valence-electron chi connectivity index (χ2n) is 4.11. The summed E-state index contributed by atoms with van der Waals surface area (Å²) in [6, 6.07) is 6.13. The second kappa shape index (κ2) is 4.00. The number of amides is 1. The summed E-state index contributed by atoms with van der Waals surface area (Å²) in [7, 11) is 1.63. The van der Waals surface area contributed by atoms with E-state index in [1.807, 2.05) is 12.1 Å². The molecule has 1 aromatic rings. The number of benzene rings is 1. The van der Waals surface area contributed by atoms with Crippen molar-refractivity contribution in [2.24, 2.45) is 0 Å². The van der Waals surface area contributed by atoms with Crippen molar-refractivity contribution in [3.8, 4) is 0 Å². The van der Waals surface area contributed by atoms with Crippen LogP contribution in [0.15, 0.2) is 24.8 Å². The molecule has 1 aromatic carbocycles. The number of carbonyl (C=O) groups is 1. The highest BCUT2D eigenvalue weighted by Gasteiger charge is 2.28. The zero-order valence-corrected chi connectivity index (χ0v) is 9.31. The molecule has 0 saturated heterocycles. The first-order valence-corrected chi connectivity index (χ1v) is 5.34. The van der Waals surface area contributed by atoms with Crippen LogP contribution in [0.3, 0.4) is 0 Å². The molecule has 0 aliphatic heterocycles. The Hall–Kier alpha value is -1.77. The van der Waals surface area contributed by atoms with Gasteiger partial charge in [-0.3, -0.25) is 0 Å². The first-order valence-electron chi connectivity index (χ1n) is 5.34. The van der Waals surface area contributed by atoms with Gasteiger partial charge in [-0.15, -0.1) is 0 Å². The number of hydrogen-bond acceptors (Lipinski definition) is 1. The monoisotopic (exact) mass is 217 g/mol. The summed E-state index contributed by atoms with van der Waals surface area (Å²) in [6.45, 7) is 3.73. The molecule has 3 heteroatoms. The summed E-state index contributed by atoms with van der Waals surface area (Å²) < 4.78 is 0. The van der Waals surface area contributed by atoms with Gasteiger partial charge in [-0.25, -0.2) is 4.79 Å². The lowest BCUT2D eigenvalue weighted by Gasteiger charge is -2.22. The van der Waals surface area contributed by atoms with Crippen LogP contribution in [0.25, 0.3) is 6.08 Å². The Bertz CT molecular complexity index is 440. The van der Waals surface area contributed by atoms with Crippen LogP contribution >= 0.6 is 0 Å². The number of rotatable bonds is 2. The maximum atomic E-state index is 11.0. The van der Waals surface area contributed by atoms with Crippen LogP contribution in [0.2, 0.25) is 0 Å². The molecule has 0 bridgehead atoms. The van der Waals surface area contributed by atoms with Gasteiger partial charge in [0.25, 0.3) is 0 Å². The lowest BCUT2D eigenvalue weighted by atomic mass is 10.0. The van der Waals surface area contributed by atoms with Gasteiger partial charge >= 0.3 is 6.09 Å². The molecule has 1 atom stereocenters. The summed E-state index contributed by atoms with van der Waals surface area (Å²) in [4.78, 5) is 12.3. The van der Waals surface area contributed by atoms with Crippen molar-refractivity contribution in [3.05, 3.63) is 41.5 Å². The highest BCUT2D eigenvalue weighted by atomic mass is 16.4. The van der Waals surface area contributed by atoms with Gasteiger partial charge in [0.15, 0.2) is 0 Å². The fourth-order valence-corrected chi connectivity index (χ4v) is 2.26. The average molecular weight is 217 g/mol. The second-order valence-corrected chi connectivity index (χ2v) is 4.11. The van der Waals surface area contributed by atoms with Crippen LogP contribution in [0, 0.1) is 0 Å². The van der Waals surface area contributed by atoms with E-state index in [-0.39, 0.29) is 6.04 Å². The highest BCUT2D eigenvalue weighted by molar-refractivity contribution is 5.66. The van der Waals surface area contributed by atoms with Crippen LogP contribution in [0.5, 0.6) is 0 Å². The summed E-state index contributed by atoms with van der Waals surface area (Å²) in [5.41, 5.74) is 3.43. The van der Waals surface area contributed by atoms with Gasteiger partial charge in [0.1, 0.15) is 0 Å². The average Bonchev–Trinajstić information content (AvgIpc) is 2.70. The largest absolute Gasteiger partial charge is 0.465 e. The van der Waals surface area contributed by atoms with Crippen molar-refractivity contribution < 1.29 is 9.90 Å². The maximum Gasteiger partial charge on any atom is 0.407 e. The molecule has 0 saturated carbocycles. The predicted octanol–water partition coefficient (Wildman–Crippen LogP) is 2.93. The Morgan fingerprint density at radius 2 is 2.38 bits per heavy atom. The highest BCUT2D eigenvalue weighted by Crippen LogP contribution is 2.35. The number of carboxylic acid groups (broad SMARTS) is 1. The molecule has 3 nitrogen and oxygen atoms in total. The van der Waals surface area contributed by atoms with E-state index in [1.54, 1.807) is 13.1 Å². The molecule has 2 rings (SSSR count). The van der Waals surface area contributed by atoms with Gasteiger partial charge in [-0.05, 0) is 35.6 Å². The third-order valence-corrected chi connectivity index (χ3v) is 3.22. The van der Waals surface area contributed by atoms with Gasteiger partial charge in [-0.2, -0.15) is 0 Å². The fraction of sp³-hybridized carbons (Fsp3) is 0.308. The normalized spacial score (nSPS) is 17.9. The molecule has 0 aromatic heterocycles. The van der Waals surface area contributed by atoms with E-state index in [0.717, 1.165) is 24.0 Å². The molecular weight excluding hydrogens is 202 g/mol. The molecule has 0 heterocycles. The molecule has 1 aliphatic rings. The fourth-order valence-electron chi connectivity index (χ4n) is 2.26. The number of hydrogen-bond donors (Lipinski definition) is 1. The molecule has 0 fully saturated rings. The molecule has 16 heavy (non-hydrogen) atoms. The minimum Gasteiger partial charge on any atom is -0.465 e. The molecule has 84 valence electrons. The predicted molar refractivity (Wildman–Crippen MR) is 63.4 cm³/mol. The smallest absolute Gasteiger partial charge is 0.407 e. The molecular formula is C13H15NO2. The van der Waals surface area contributed by atoms with E-state index in [0.29, 0.717) is 0 Å². The van der Waals surface area contributed by atoms with Gasteiger partial charge in [0.2, 0.25) is 0 Å². The first-order chi connectivity index (χ1) is 7.63. The van der Waals surface area contributed by atoms with Crippen molar-refractivity contribution >= 4 is 12.2 Å². The number of aryl methyl sites for hydroxylation is 1. The summed E-state index contributed by atoms with van der Waals surface area (Å²) in [6.07, 6.45) is 2.74. The minimum absolute atomic E-state index is 0.00704. The van der Waals surface area contributed by atoms with Crippen molar-refractivity contribution in [2.75, 3.05) is 7.05 Å². The van der Waals surface area contributed by atoms with Crippen molar-refractivity contribution in [1.82, 2.24) is 4.90 Å². The third kappa shape index (κ3) is 1.69. The Labute approximate surface area is 95.0 Å². The van der Waals surface area contributed by atoms with Crippen LogP contribution in [-0.2, 0) is 6.42 Å². The van der Waals surface area contributed by atoms with E-state index in [4.69, 9.17) is 5.11 Å². The van der Waals surface area contributed by atoms with E-state index < -0.39 is 6.09 Å². The van der Waals surface area contributed by atoms with Gasteiger partial charge < -0.3 is 10.0 Å². The molecule has 0 spiro atoms. The van der Waals surface area contributed by atoms with Crippen LogP contribution in [-0.4, -0.2) is 23.1 Å². The molecule has 0 unspecified atom stereocenters. The van der Waals surface area contributed by atoms with E-state index >= 15 is 0 Å². The molecule has 0 radical (unpaired) electrons. The Balaban J connectivity index is 2.37.